The van der Waals surface area contributed by atoms with Gasteiger partial charge in [0, 0.05) is 6.20 Å². The average molecular weight is 279 g/mol. The molecule has 2 heterocycles. The Morgan fingerprint density at radius 1 is 1.19 bits per heavy atom. The SMILES string of the molecule is CC[C@H](c1ccccn1)n1cnc2ccc(C)cc2c1=O. The maximum Gasteiger partial charge on any atom is 0.261 e. The van der Waals surface area contributed by atoms with Crippen LogP contribution in [0.5, 0.6) is 0 Å². The molecule has 106 valence electrons. The van der Waals surface area contributed by atoms with E-state index in [-0.39, 0.29) is 11.6 Å². The lowest BCUT2D eigenvalue weighted by Gasteiger charge is -2.17. The molecule has 0 saturated heterocycles. The van der Waals surface area contributed by atoms with Crippen molar-refractivity contribution in [2.24, 2.45) is 0 Å². The largest absolute Gasteiger partial charge is 0.290 e. The second kappa shape index (κ2) is 5.48. The van der Waals surface area contributed by atoms with E-state index in [2.05, 4.69) is 9.97 Å². The van der Waals surface area contributed by atoms with Crippen LogP contribution < -0.4 is 5.56 Å². The lowest BCUT2D eigenvalue weighted by Crippen LogP contribution is -2.26. The van der Waals surface area contributed by atoms with Gasteiger partial charge in [-0.25, -0.2) is 4.98 Å². The van der Waals surface area contributed by atoms with E-state index < -0.39 is 0 Å². The van der Waals surface area contributed by atoms with Crippen LogP contribution in [0.1, 0.15) is 30.6 Å². The van der Waals surface area contributed by atoms with Crippen molar-refractivity contribution in [3.8, 4) is 0 Å². The predicted octanol–water partition coefficient (Wildman–Crippen LogP) is 3.10. The van der Waals surface area contributed by atoms with Crippen molar-refractivity contribution in [2.75, 3.05) is 0 Å². The summed E-state index contributed by atoms with van der Waals surface area (Å²) < 4.78 is 1.68. The zero-order valence-corrected chi connectivity index (χ0v) is 12.2. The third-order valence-electron chi connectivity index (χ3n) is 3.69. The zero-order valence-electron chi connectivity index (χ0n) is 12.2. The minimum Gasteiger partial charge on any atom is -0.290 e. The molecule has 0 spiro atoms. The minimum atomic E-state index is -0.0869. The summed E-state index contributed by atoms with van der Waals surface area (Å²) in [5, 5.41) is 0.659. The van der Waals surface area contributed by atoms with Crippen molar-refractivity contribution < 1.29 is 0 Å². The first-order valence-corrected chi connectivity index (χ1v) is 7.09. The Bertz CT molecular complexity index is 824. The Morgan fingerprint density at radius 2 is 2.05 bits per heavy atom. The van der Waals surface area contributed by atoms with Crippen molar-refractivity contribution in [3.63, 3.8) is 0 Å². The summed E-state index contributed by atoms with van der Waals surface area (Å²) in [7, 11) is 0. The second-order valence-corrected chi connectivity index (χ2v) is 5.16. The normalized spacial score (nSPS) is 12.5. The van der Waals surface area contributed by atoms with E-state index in [0.29, 0.717) is 5.39 Å². The smallest absolute Gasteiger partial charge is 0.261 e. The lowest BCUT2D eigenvalue weighted by molar-refractivity contribution is 0.531. The Balaban J connectivity index is 2.20. The van der Waals surface area contributed by atoms with Crippen LogP contribution in [-0.4, -0.2) is 14.5 Å². The number of rotatable bonds is 3. The fourth-order valence-corrected chi connectivity index (χ4v) is 2.59. The van der Waals surface area contributed by atoms with Gasteiger partial charge in [0.2, 0.25) is 0 Å². The number of hydrogen-bond acceptors (Lipinski definition) is 3. The molecule has 0 fully saturated rings. The highest BCUT2D eigenvalue weighted by Crippen LogP contribution is 2.19. The molecule has 1 aromatic carbocycles. The highest BCUT2D eigenvalue weighted by Gasteiger charge is 2.15. The van der Waals surface area contributed by atoms with Gasteiger partial charge in [-0.1, -0.05) is 24.6 Å². The number of aromatic nitrogens is 3. The first kappa shape index (κ1) is 13.5. The van der Waals surface area contributed by atoms with Gasteiger partial charge in [0.25, 0.3) is 5.56 Å². The molecule has 0 saturated carbocycles. The third-order valence-corrected chi connectivity index (χ3v) is 3.69. The monoisotopic (exact) mass is 279 g/mol. The Hall–Kier alpha value is -2.49. The molecule has 4 nitrogen and oxygen atoms in total. The fourth-order valence-electron chi connectivity index (χ4n) is 2.59. The van der Waals surface area contributed by atoms with Gasteiger partial charge in [0.15, 0.2) is 0 Å². The van der Waals surface area contributed by atoms with E-state index in [1.807, 2.05) is 50.2 Å². The minimum absolute atomic E-state index is 0.0128. The topological polar surface area (TPSA) is 47.8 Å². The molecule has 2 aromatic heterocycles. The third kappa shape index (κ3) is 2.44. The van der Waals surface area contributed by atoms with Crippen LogP contribution in [0.25, 0.3) is 10.9 Å². The van der Waals surface area contributed by atoms with Gasteiger partial charge < -0.3 is 0 Å². The van der Waals surface area contributed by atoms with Gasteiger partial charge in [-0.15, -0.1) is 0 Å². The molecular formula is C17H17N3O. The molecule has 0 bridgehead atoms. The maximum atomic E-state index is 12.7. The summed E-state index contributed by atoms with van der Waals surface area (Å²) in [5.41, 5.74) is 2.67. The molecule has 4 heteroatoms. The molecule has 0 aliphatic rings. The lowest BCUT2D eigenvalue weighted by atomic mass is 10.1. The van der Waals surface area contributed by atoms with Gasteiger partial charge in [0.05, 0.1) is 29.0 Å². The highest BCUT2D eigenvalue weighted by molar-refractivity contribution is 5.77. The number of pyridine rings is 1. The van der Waals surface area contributed by atoms with Crippen molar-refractivity contribution >= 4 is 10.9 Å². The van der Waals surface area contributed by atoms with E-state index in [1.165, 1.54) is 0 Å². The number of fused-ring (bicyclic) bond motifs is 1. The quantitative estimate of drug-likeness (QED) is 0.740. The van der Waals surface area contributed by atoms with Crippen LogP contribution in [0.4, 0.5) is 0 Å². The number of benzene rings is 1. The molecule has 0 N–H and O–H groups in total. The Morgan fingerprint density at radius 3 is 2.76 bits per heavy atom. The van der Waals surface area contributed by atoms with Crippen molar-refractivity contribution in [1.29, 1.82) is 0 Å². The van der Waals surface area contributed by atoms with Crippen LogP contribution in [0.15, 0.2) is 53.7 Å². The van der Waals surface area contributed by atoms with Gasteiger partial charge in [-0.2, -0.15) is 0 Å². The number of hydrogen-bond donors (Lipinski definition) is 0. The van der Waals surface area contributed by atoms with Crippen molar-refractivity contribution in [2.45, 2.75) is 26.3 Å². The average Bonchev–Trinajstić information content (AvgIpc) is 2.52. The molecule has 1 atom stereocenters. The predicted molar refractivity (Wildman–Crippen MR) is 83.4 cm³/mol. The number of nitrogens with zero attached hydrogens (tertiary/aromatic N) is 3. The van der Waals surface area contributed by atoms with Crippen LogP contribution in [0, 0.1) is 6.92 Å². The standard InChI is InChI=1S/C17H17N3O/c1-3-16(15-6-4-5-9-18-15)20-11-19-14-8-7-12(2)10-13(14)17(20)21/h4-11,16H,3H2,1-2H3/t16-/m1/s1. The molecule has 0 aliphatic carbocycles. The van der Waals surface area contributed by atoms with Gasteiger partial charge >= 0.3 is 0 Å². The summed E-state index contributed by atoms with van der Waals surface area (Å²) in [6, 6.07) is 11.4. The molecule has 0 radical (unpaired) electrons. The Labute approximate surface area is 123 Å². The summed E-state index contributed by atoms with van der Waals surface area (Å²) in [6.07, 6.45) is 4.17. The molecule has 21 heavy (non-hydrogen) atoms. The molecule has 0 unspecified atom stereocenters. The summed E-state index contributed by atoms with van der Waals surface area (Å²) in [4.78, 5) is 21.5. The van der Waals surface area contributed by atoms with Crippen LogP contribution in [0.2, 0.25) is 0 Å². The number of aryl methyl sites for hydroxylation is 1. The molecule has 0 aliphatic heterocycles. The first-order valence-electron chi connectivity index (χ1n) is 7.09. The zero-order chi connectivity index (χ0) is 14.8. The van der Waals surface area contributed by atoms with Crippen LogP contribution in [-0.2, 0) is 0 Å². The first-order chi connectivity index (χ1) is 10.2. The second-order valence-electron chi connectivity index (χ2n) is 5.16. The van der Waals surface area contributed by atoms with Crippen molar-refractivity contribution in [3.05, 3.63) is 70.5 Å². The Kier molecular flexibility index (Phi) is 3.52. The molecule has 0 amide bonds. The van der Waals surface area contributed by atoms with Crippen LogP contribution >= 0.6 is 0 Å². The molecule has 3 aromatic rings. The fraction of sp³-hybridized carbons (Fsp3) is 0.235. The van der Waals surface area contributed by atoms with E-state index in [9.17, 15) is 4.79 Å². The van der Waals surface area contributed by atoms with E-state index in [0.717, 1.165) is 23.2 Å². The summed E-state index contributed by atoms with van der Waals surface area (Å²) >= 11 is 0. The summed E-state index contributed by atoms with van der Waals surface area (Å²) in [5.74, 6) is 0. The maximum absolute atomic E-state index is 12.7. The van der Waals surface area contributed by atoms with E-state index in [1.54, 1.807) is 17.1 Å². The van der Waals surface area contributed by atoms with E-state index >= 15 is 0 Å². The summed E-state index contributed by atoms with van der Waals surface area (Å²) in [6.45, 7) is 4.03. The van der Waals surface area contributed by atoms with Crippen LogP contribution in [0.3, 0.4) is 0 Å². The van der Waals surface area contributed by atoms with E-state index in [4.69, 9.17) is 0 Å². The molecule has 3 rings (SSSR count). The van der Waals surface area contributed by atoms with Gasteiger partial charge in [-0.05, 0) is 37.6 Å². The van der Waals surface area contributed by atoms with Gasteiger partial charge in [0.1, 0.15) is 0 Å². The highest BCUT2D eigenvalue weighted by atomic mass is 16.1. The van der Waals surface area contributed by atoms with Crippen molar-refractivity contribution in [1.82, 2.24) is 14.5 Å². The molecular weight excluding hydrogens is 262 g/mol. The van der Waals surface area contributed by atoms with Gasteiger partial charge in [-0.3, -0.25) is 14.3 Å².